The Balaban J connectivity index is 1.97. The van der Waals surface area contributed by atoms with E-state index in [1.807, 2.05) is 32.0 Å². The van der Waals surface area contributed by atoms with Crippen LogP contribution in [0.25, 0.3) is 22.1 Å². The molecule has 1 aliphatic heterocycles. The summed E-state index contributed by atoms with van der Waals surface area (Å²) in [7, 11) is 0. The number of rotatable bonds is 5. The fourth-order valence-corrected chi connectivity index (χ4v) is 3.54. The first-order valence-corrected chi connectivity index (χ1v) is 9.34. The summed E-state index contributed by atoms with van der Waals surface area (Å²) in [5.41, 5.74) is 2.40. The van der Waals surface area contributed by atoms with Crippen LogP contribution in [0.15, 0.2) is 39.5 Å². The fraction of sp³-hybridized carbons (Fsp3) is 0.318. The van der Waals surface area contributed by atoms with Crippen molar-refractivity contribution in [1.29, 1.82) is 0 Å². The molecule has 0 saturated carbocycles. The van der Waals surface area contributed by atoms with Gasteiger partial charge in [-0.15, -0.1) is 0 Å². The smallest absolute Gasteiger partial charge is 0.231 e. The first kappa shape index (κ1) is 17.5. The van der Waals surface area contributed by atoms with Gasteiger partial charge in [-0.2, -0.15) is 0 Å². The maximum Gasteiger partial charge on any atom is 0.231 e. The quantitative estimate of drug-likeness (QED) is 0.702. The molecule has 1 N–H and O–H groups in total. The van der Waals surface area contributed by atoms with Crippen molar-refractivity contribution >= 4 is 11.0 Å². The minimum Gasteiger partial charge on any atom is -0.508 e. The zero-order valence-electron chi connectivity index (χ0n) is 15.5. The molecule has 4 rings (SSSR count). The zero-order chi connectivity index (χ0) is 19.0. The molecule has 0 bridgehead atoms. The number of aryl methyl sites for hydroxylation is 2. The fourth-order valence-electron chi connectivity index (χ4n) is 3.54. The van der Waals surface area contributed by atoms with Gasteiger partial charge in [0.2, 0.25) is 12.2 Å². The molecule has 0 radical (unpaired) electrons. The van der Waals surface area contributed by atoms with Gasteiger partial charge >= 0.3 is 0 Å². The van der Waals surface area contributed by atoms with E-state index in [0.29, 0.717) is 46.6 Å². The van der Waals surface area contributed by atoms with E-state index in [4.69, 9.17) is 13.9 Å². The summed E-state index contributed by atoms with van der Waals surface area (Å²) in [6.45, 7) is 4.26. The van der Waals surface area contributed by atoms with Crippen LogP contribution in [0.1, 0.15) is 38.0 Å². The van der Waals surface area contributed by atoms with Gasteiger partial charge in [-0.05, 0) is 42.2 Å². The van der Waals surface area contributed by atoms with E-state index in [0.717, 1.165) is 24.0 Å². The average molecular weight is 366 g/mol. The Labute approximate surface area is 157 Å². The minimum atomic E-state index is -0.0871. The van der Waals surface area contributed by atoms with Gasteiger partial charge in [0, 0.05) is 12.5 Å². The predicted octanol–water partition coefficient (Wildman–Crippen LogP) is 4.80. The van der Waals surface area contributed by atoms with Crippen molar-refractivity contribution in [2.75, 3.05) is 6.79 Å². The summed E-state index contributed by atoms with van der Waals surface area (Å²) >= 11 is 0. The van der Waals surface area contributed by atoms with Gasteiger partial charge in [0.1, 0.15) is 17.1 Å². The van der Waals surface area contributed by atoms with Gasteiger partial charge in [0.25, 0.3) is 0 Å². The number of hydrogen-bond donors (Lipinski definition) is 1. The van der Waals surface area contributed by atoms with Crippen molar-refractivity contribution in [2.45, 2.75) is 39.5 Å². The number of aromatic hydroxyl groups is 1. The third-order valence-corrected chi connectivity index (χ3v) is 4.82. The lowest BCUT2D eigenvalue weighted by Crippen LogP contribution is -2.10. The van der Waals surface area contributed by atoms with Crippen LogP contribution in [-0.2, 0) is 12.8 Å². The standard InChI is InChI=1S/C22H22O5/c1-3-5-13-9-15-19(11-16(13)23)27-18(6-4-2)21(22(15)24)14-7-8-17-20(10-14)26-12-25-17/h7-11,23H,3-6,12H2,1-2H3. The van der Waals surface area contributed by atoms with E-state index >= 15 is 0 Å². The van der Waals surface area contributed by atoms with Crippen LogP contribution >= 0.6 is 0 Å². The molecule has 0 amide bonds. The molecule has 3 aromatic rings. The highest BCUT2D eigenvalue weighted by molar-refractivity contribution is 5.85. The highest BCUT2D eigenvalue weighted by Crippen LogP contribution is 2.37. The zero-order valence-corrected chi connectivity index (χ0v) is 15.5. The van der Waals surface area contributed by atoms with Crippen LogP contribution < -0.4 is 14.9 Å². The van der Waals surface area contributed by atoms with E-state index in [2.05, 4.69) is 0 Å². The van der Waals surface area contributed by atoms with Crippen molar-refractivity contribution in [1.82, 2.24) is 0 Å². The summed E-state index contributed by atoms with van der Waals surface area (Å²) in [6.07, 6.45) is 3.06. The molecule has 27 heavy (non-hydrogen) atoms. The Hall–Kier alpha value is -2.95. The van der Waals surface area contributed by atoms with Crippen molar-refractivity contribution in [2.24, 2.45) is 0 Å². The molecule has 0 fully saturated rings. The number of hydrogen-bond acceptors (Lipinski definition) is 5. The first-order valence-electron chi connectivity index (χ1n) is 9.34. The Kier molecular flexibility index (Phi) is 4.52. The highest BCUT2D eigenvalue weighted by atomic mass is 16.7. The number of fused-ring (bicyclic) bond motifs is 2. The third kappa shape index (κ3) is 3.03. The van der Waals surface area contributed by atoms with Crippen LogP contribution in [0.4, 0.5) is 0 Å². The highest BCUT2D eigenvalue weighted by Gasteiger charge is 2.20. The molecule has 0 unspecified atom stereocenters. The van der Waals surface area contributed by atoms with Gasteiger partial charge < -0.3 is 19.0 Å². The number of benzene rings is 2. The molecule has 0 aliphatic carbocycles. The SMILES string of the molecule is CCCc1cc2c(=O)c(-c3ccc4c(c3)OCO4)c(CCC)oc2cc1O. The second-order valence-corrected chi connectivity index (χ2v) is 6.77. The van der Waals surface area contributed by atoms with E-state index in [9.17, 15) is 9.90 Å². The van der Waals surface area contributed by atoms with Gasteiger partial charge in [-0.3, -0.25) is 4.79 Å². The molecule has 2 heterocycles. The molecule has 140 valence electrons. The largest absolute Gasteiger partial charge is 0.508 e. The molecule has 0 atom stereocenters. The Morgan fingerprint density at radius 3 is 2.56 bits per heavy atom. The maximum atomic E-state index is 13.4. The number of phenols is 1. The second-order valence-electron chi connectivity index (χ2n) is 6.77. The number of phenolic OH excluding ortho intramolecular Hbond substituents is 1. The van der Waals surface area contributed by atoms with Crippen LogP contribution in [0.3, 0.4) is 0 Å². The lowest BCUT2D eigenvalue weighted by Gasteiger charge is -2.12. The molecule has 1 aliphatic rings. The van der Waals surface area contributed by atoms with Crippen molar-refractivity contribution in [3.05, 3.63) is 51.9 Å². The molecule has 2 aromatic carbocycles. The second kappa shape index (κ2) is 6.99. The summed E-state index contributed by atoms with van der Waals surface area (Å²) in [4.78, 5) is 13.4. The van der Waals surface area contributed by atoms with Gasteiger partial charge in [0.05, 0.1) is 10.9 Å². The molecule has 5 nitrogen and oxygen atoms in total. The summed E-state index contributed by atoms with van der Waals surface area (Å²) in [6, 6.07) is 8.82. The van der Waals surface area contributed by atoms with Crippen LogP contribution in [-0.4, -0.2) is 11.9 Å². The maximum absolute atomic E-state index is 13.4. The molecule has 0 spiro atoms. The topological polar surface area (TPSA) is 68.9 Å². The molecule has 5 heteroatoms. The van der Waals surface area contributed by atoms with Crippen molar-refractivity contribution in [3.63, 3.8) is 0 Å². The summed E-state index contributed by atoms with van der Waals surface area (Å²) < 4.78 is 16.9. The molecule has 0 saturated heterocycles. The van der Waals surface area contributed by atoms with Crippen LogP contribution in [0.5, 0.6) is 17.2 Å². The third-order valence-electron chi connectivity index (χ3n) is 4.82. The van der Waals surface area contributed by atoms with Crippen molar-refractivity contribution in [3.8, 4) is 28.4 Å². The summed E-state index contributed by atoms with van der Waals surface area (Å²) in [5, 5.41) is 10.7. The van der Waals surface area contributed by atoms with Crippen LogP contribution in [0.2, 0.25) is 0 Å². The van der Waals surface area contributed by atoms with Gasteiger partial charge in [-0.1, -0.05) is 26.3 Å². The lowest BCUT2D eigenvalue weighted by atomic mass is 9.98. The molecular weight excluding hydrogens is 344 g/mol. The Morgan fingerprint density at radius 1 is 1.00 bits per heavy atom. The first-order chi connectivity index (χ1) is 13.1. The summed E-state index contributed by atoms with van der Waals surface area (Å²) in [5.74, 6) is 2.10. The van der Waals surface area contributed by atoms with Crippen molar-refractivity contribution < 1.29 is 19.0 Å². The van der Waals surface area contributed by atoms with E-state index < -0.39 is 0 Å². The van der Waals surface area contributed by atoms with Gasteiger partial charge in [0.15, 0.2) is 11.5 Å². The lowest BCUT2D eigenvalue weighted by molar-refractivity contribution is 0.174. The Bertz CT molecular complexity index is 1060. The molecule has 1 aromatic heterocycles. The average Bonchev–Trinajstić information content (AvgIpc) is 3.11. The molecular formula is C22H22O5. The van der Waals surface area contributed by atoms with Gasteiger partial charge in [-0.25, -0.2) is 0 Å². The van der Waals surface area contributed by atoms with Crippen LogP contribution in [0, 0.1) is 0 Å². The van der Waals surface area contributed by atoms with E-state index in [1.54, 1.807) is 12.1 Å². The minimum absolute atomic E-state index is 0.0871. The predicted molar refractivity (Wildman–Crippen MR) is 104 cm³/mol. The van der Waals surface area contributed by atoms with E-state index in [-0.39, 0.29) is 18.0 Å². The van der Waals surface area contributed by atoms with E-state index in [1.165, 1.54) is 0 Å². The Morgan fingerprint density at radius 2 is 1.78 bits per heavy atom. The monoisotopic (exact) mass is 366 g/mol. The normalized spacial score (nSPS) is 12.7. The number of ether oxygens (including phenoxy) is 2.